The molecule has 0 aromatic heterocycles. The van der Waals surface area contributed by atoms with E-state index < -0.39 is 0 Å². The molecular weight excluding hydrogens is 348 g/mol. The highest BCUT2D eigenvalue weighted by Gasteiger charge is 2.22. The lowest BCUT2D eigenvalue weighted by Gasteiger charge is -2.21. The summed E-state index contributed by atoms with van der Waals surface area (Å²) in [6, 6.07) is 10.7. The Labute approximate surface area is 157 Å². The summed E-state index contributed by atoms with van der Waals surface area (Å²) in [6.07, 6.45) is 0.704. The smallest absolute Gasteiger partial charge is 0.234 e. The molecule has 0 amide bonds. The van der Waals surface area contributed by atoms with Gasteiger partial charge < -0.3 is 25.5 Å². The molecule has 3 rings (SSSR count). The zero-order valence-electron chi connectivity index (χ0n) is 15.7. The molecule has 0 bridgehead atoms. The largest absolute Gasteiger partial charge is 0.612 e. The number of aromatic nitrogens is 1. The van der Waals surface area contributed by atoms with E-state index in [0.717, 1.165) is 10.9 Å². The number of hydroxylamine groups is 3. The third-order valence-electron chi connectivity index (χ3n) is 4.45. The molecule has 0 spiro atoms. The summed E-state index contributed by atoms with van der Waals surface area (Å²) in [5.74, 6) is 0.539. The van der Waals surface area contributed by atoms with Crippen LogP contribution in [-0.2, 0) is 0 Å². The first-order chi connectivity index (χ1) is 12.8. The van der Waals surface area contributed by atoms with Gasteiger partial charge in [-0.3, -0.25) is 0 Å². The maximum Gasteiger partial charge on any atom is 0.234 e. The third kappa shape index (κ3) is 3.91. The minimum Gasteiger partial charge on any atom is -0.612 e. The first-order valence-electron chi connectivity index (χ1n) is 8.70. The van der Waals surface area contributed by atoms with Gasteiger partial charge in [0.1, 0.15) is 12.3 Å². The Morgan fingerprint density at radius 1 is 1.19 bits per heavy atom. The average Bonchev–Trinajstić information content (AvgIpc) is 2.62. The molecular formula is C19H24N4O4. The van der Waals surface area contributed by atoms with E-state index >= 15 is 0 Å². The number of quaternary nitrogens is 1. The highest BCUT2D eigenvalue weighted by Crippen LogP contribution is 2.37. The zero-order valence-corrected chi connectivity index (χ0v) is 15.7. The number of nitrogens with one attached hydrogen (secondary N) is 2. The molecule has 8 nitrogen and oxygen atoms in total. The van der Waals surface area contributed by atoms with Gasteiger partial charge in [0.05, 0.1) is 38.1 Å². The summed E-state index contributed by atoms with van der Waals surface area (Å²) in [5.41, 5.74) is 2.60. The highest BCUT2D eigenvalue weighted by molar-refractivity contribution is 6.01. The Hall–Kier alpha value is -2.97. The molecule has 27 heavy (non-hydrogen) atoms. The second-order valence-corrected chi connectivity index (χ2v) is 6.96. The summed E-state index contributed by atoms with van der Waals surface area (Å²) in [4.78, 5) is 2.88. The molecule has 1 aliphatic carbocycles. The summed E-state index contributed by atoms with van der Waals surface area (Å²) < 4.78 is 5.29. The number of hydrogen-bond donors (Lipinski definition) is 3. The number of pyridine rings is 1. The SMILES string of the molecule is COc1ccc(=[N+]([O-])[O-])c2c(NCCC[N+](C)(C)O)c3ccccc3[nH]c1-2. The van der Waals surface area contributed by atoms with Crippen molar-refractivity contribution in [2.24, 2.45) is 0 Å². The van der Waals surface area contributed by atoms with Crippen molar-refractivity contribution in [2.75, 3.05) is 39.6 Å². The minimum atomic E-state index is -0.386. The number of rotatable bonds is 6. The van der Waals surface area contributed by atoms with Crippen molar-refractivity contribution in [3.63, 3.8) is 0 Å². The molecule has 1 aromatic carbocycles. The molecule has 1 aromatic rings. The zero-order chi connectivity index (χ0) is 19.6. The number of benzene rings is 2. The normalized spacial score (nSPS) is 11.7. The van der Waals surface area contributed by atoms with Crippen molar-refractivity contribution in [2.45, 2.75) is 6.42 Å². The van der Waals surface area contributed by atoms with Crippen LogP contribution < -0.4 is 20.3 Å². The predicted molar refractivity (Wildman–Crippen MR) is 105 cm³/mol. The fourth-order valence-corrected chi connectivity index (χ4v) is 3.21. The van der Waals surface area contributed by atoms with Crippen LogP contribution in [0.5, 0.6) is 5.75 Å². The molecule has 144 valence electrons. The van der Waals surface area contributed by atoms with Crippen molar-refractivity contribution in [1.29, 1.82) is 0 Å². The van der Waals surface area contributed by atoms with Crippen molar-refractivity contribution in [3.05, 3.63) is 52.2 Å². The number of ether oxygens (including phenoxy) is 1. The lowest BCUT2D eigenvalue weighted by Crippen LogP contribution is -2.37. The van der Waals surface area contributed by atoms with Gasteiger partial charge in [0.25, 0.3) is 0 Å². The molecule has 0 atom stereocenters. The Morgan fingerprint density at radius 2 is 1.93 bits per heavy atom. The van der Waals surface area contributed by atoms with Gasteiger partial charge in [-0.25, -0.2) is 5.21 Å². The van der Waals surface area contributed by atoms with E-state index in [1.807, 2.05) is 24.3 Å². The number of anilines is 1. The summed E-state index contributed by atoms with van der Waals surface area (Å²) in [5, 5.41) is 37.4. The standard InChI is InChI=1S/C19H24N4O4/c1-23(2,26)12-6-11-20-18-13-7-4-5-8-14(13)21-19-16(27-3)10-9-15(17(18)19)22(24)25/h4-5,7-10,20-21,26H,6,11-12H2,1-3H3. The monoisotopic (exact) mass is 372 g/mol. The van der Waals surface area contributed by atoms with Crippen LogP contribution in [0.3, 0.4) is 0 Å². The summed E-state index contributed by atoms with van der Waals surface area (Å²) >= 11 is 0. The number of methoxy groups -OCH3 is 1. The van der Waals surface area contributed by atoms with Gasteiger partial charge in [-0.15, -0.1) is 0 Å². The van der Waals surface area contributed by atoms with Crippen LogP contribution in [0.25, 0.3) is 22.2 Å². The Balaban J connectivity index is 2.19. The number of nitrogens with zero attached hydrogens (tertiary/aromatic N) is 2. The maximum atomic E-state index is 11.7. The first kappa shape index (κ1) is 18.8. The van der Waals surface area contributed by atoms with E-state index in [0.29, 0.717) is 42.2 Å². The van der Waals surface area contributed by atoms with Gasteiger partial charge in [-0.05, 0) is 12.1 Å². The minimum absolute atomic E-state index is 0.00794. The van der Waals surface area contributed by atoms with Gasteiger partial charge in [-0.2, -0.15) is 9.55 Å². The number of aromatic amines is 1. The van der Waals surface area contributed by atoms with Crippen molar-refractivity contribution in [1.82, 2.24) is 9.89 Å². The van der Waals surface area contributed by atoms with Crippen LogP contribution in [0.1, 0.15) is 6.42 Å². The summed E-state index contributed by atoms with van der Waals surface area (Å²) in [7, 11) is 4.95. The van der Waals surface area contributed by atoms with Gasteiger partial charge in [0, 0.05) is 29.9 Å². The predicted octanol–water partition coefficient (Wildman–Crippen LogP) is 2.32. The van der Waals surface area contributed by atoms with E-state index in [1.54, 1.807) is 20.2 Å². The Kier molecular flexibility index (Phi) is 5.11. The lowest BCUT2D eigenvalue weighted by molar-refractivity contribution is -1.07. The van der Waals surface area contributed by atoms with Crippen LogP contribution in [-0.4, -0.2) is 49.1 Å². The van der Waals surface area contributed by atoms with Crippen molar-refractivity contribution in [3.8, 4) is 17.0 Å². The molecule has 1 heterocycles. The number of para-hydroxylation sites is 1. The highest BCUT2D eigenvalue weighted by atomic mass is 16.8. The van der Waals surface area contributed by atoms with E-state index in [2.05, 4.69) is 10.3 Å². The number of fused-ring (bicyclic) bond motifs is 2. The van der Waals surface area contributed by atoms with E-state index in [-0.39, 0.29) is 14.9 Å². The van der Waals surface area contributed by atoms with Gasteiger partial charge in [-0.1, -0.05) is 18.2 Å². The molecule has 0 unspecified atom stereocenters. The first-order valence-corrected chi connectivity index (χ1v) is 8.70. The van der Waals surface area contributed by atoms with E-state index in [1.165, 1.54) is 13.2 Å². The van der Waals surface area contributed by atoms with Crippen molar-refractivity contribution < 1.29 is 14.6 Å². The van der Waals surface area contributed by atoms with Gasteiger partial charge in [0.2, 0.25) is 5.36 Å². The summed E-state index contributed by atoms with van der Waals surface area (Å²) in [6.45, 7) is 1.13. The molecule has 0 radical (unpaired) electrons. The fraction of sp³-hybridized carbons (Fsp3) is 0.316. The van der Waals surface area contributed by atoms with Crippen LogP contribution in [0.15, 0.2) is 36.4 Å². The molecule has 2 aliphatic rings. The molecule has 8 heteroatoms. The fourth-order valence-electron chi connectivity index (χ4n) is 3.21. The van der Waals surface area contributed by atoms with Crippen LogP contribution in [0, 0.1) is 10.4 Å². The Bertz CT molecular complexity index is 987. The maximum absolute atomic E-state index is 11.7. The molecule has 0 saturated heterocycles. The number of H-pyrrole nitrogens is 1. The van der Waals surface area contributed by atoms with E-state index in [9.17, 15) is 15.6 Å². The average molecular weight is 372 g/mol. The molecule has 0 saturated carbocycles. The number of hydrogen-bond acceptors (Lipinski definition) is 5. The third-order valence-corrected chi connectivity index (χ3v) is 4.45. The van der Waals surface area contributed by atoms with Crippen molar-refractivity contribution >= 4 is 16.6 Å². The topological polar surface area (TPSA) is 106 Å². The molecule has 0 fully saturated rings. The van der Waals surface area contributed by atoms with Crippen LogP contribution in [0.4, 0.5) is 5.69 Å². The molecule has 1 aliphatic heterocycles. The van der Waals surface area contributed by atoms with Crippen LogP contribution in [0.2, 0.25) is 0 Å². The van der Waals surface area contributed by atoms with Gasteiger partial charge >= 0.3 is 0 Å². The van der Waals surface area contributed by atoms with Gasteiger partial charge in [0.15, 0.2) is 0 Å². The quantitative estimate of drug-likeness (QED) is 0.266. The van der Waals surface area contributed by atoms with E-state index in [4.69, 9.17) is 4.74 Å². The second kappa shape index (κ2) is 7.34. The lowest BCUT2D eigenvalue weighted by atomic mass is 10.0. The Morgan fingerprint density at radius 3 is 2.59 bits per heavy atom. The second-order valence-electron chi connectivity index (χ2n) is 6.96. The molecule has 3 N–H and O–H groups in total. The van der Waals surface area contributed by atoms with Crippen LogP contribution >= 0.6 is 0 Å².